The van der Waals surface area contributed by atoms with E-state index in [1.54, 1.807) is 0 Å². The van der Waals surface area contributed by atoms with Crippen LogP contribution in [0.2, 0.25) is 0 Å². The van der Waals surface area contributed by atoms with Gasteiger partial charge in [0.2, 0.25) is 6.17 Å². The van der Waals surface area contributed by atoms with Gasteiger partial charge in [-0.2, -0.15) is 0 Å². The molecular weight excluding hydrogens is 290 g/mol. The van der Waals surface area contributed by atoms with E-state index in [9.17, 15) is 0 Å². The Kier molecular flexibility index (Phi) is 7.82. The monoisotopic (exact) mass is 311 g/mol. The van der Waals surface area contributed by atoms with Crippen molar-refractivity contribution in [2.45, 2.75) is 19.0 Å². The highest BCUT2D eigenvalue weighted by Crippen LogP contribution is 2.03. The summed E-state index contributed by atoms with van der Waals surface area (Å²) in [5.74, 6) is 0. The first kappa shape index (κ1) is 17.5. The van der Waals surface area contributed by atoms with Gasteiger partial charge < -0.3 is 22.4 Å². The summed E-state index contributed by atoms with van der Waals surface area (Å²) in [7, 11) is 2.01. The quantitative estimate of drug-likeness (QED) is 0.257. The molecule has 0 fully saturated rings. The molecule has 5 nitrogen and oxygen atoms in total. The normalized spacial score (nSPS) is 20.9. The summed E-state index contributed by atoms with van der Waals surface area (Å²) in [4.78, 5) is 3.16. The lowest BCUT2D eigenvalue weighted by molar-refractivity contribution is -0.843. The third-order valence-corrected chi connectivity index (χ3v) is 3.40. The molecule has 1 heterocycles. The molecule has 6 heteroatoms. The van der Waals surface area contributed by atoms with Gasteiger partial charge in [-0.3, -0.25) is 9.80 Å². The van der Waals surface area contributed by atoms with Crippen molar-refractivity contribution in [3.8, 4) is 0 Å². The Morgan fingerprint density at radius 1 is 1.38 bits per heavy atom. The lowest BCUT2D eigenvalue weighted by Crippen LogP contribution is -3.09. The molecule has 0 radical (unpaired) electrons. The summed E-state index contributed by atoms with van der Waals surface area (Å²) >= 11 is 0. The van der Waals surface area contributed by atoms with E-state index in [0.29, 0.717) is 6.73 Å². The van der Waals surface area contributed by atoms with Crippen molar-refractivity contribution in [3.05, 3.63) is 48.3 Å². The van der Waals surface area contributed by atoms with Crippen molar-refractivity contribution in [1.29, 1.82) is 0 Å². The molecule has 0 aromatic heterocycles. The molecule has 0 amide bonds. The summed E-state index contributed by atoms with van der Waals surface area (Å²) in [5.41, 5.74) is 1.34. The van der Waals surface area contributed by atoms with E-state index in [0.717, 1.165) is 24.3 Å². The number of quaternary nitrogens is 1. The first-order chi connectivity index (χ1) is 9.81. The summed E-state index contributed by atoms with van der Waals surface area (Å²) in [5, 5.41) is 11.8. The van der Waals surface area contributed by atoms with Crippen molar-refractivity contribution in [2.75, 3.05) is 20.4 Å². The van der Waals surface area contributed by atoms with E-state index in [-0.39, 0.29) is 18.6 Å². The number of oxime groups is 1. The molecule has 21 heavy (non-hydrogen) atoms. The molecule has 2 atom stereocenters. The second kappa shape index (κ2) is 9.39. The average Bonchev–Trinajstić information content (AvgIpc) is 2.81. The average molecular weight is 312 g/mol. The van der Waals surface area contributed by atoms with Crippen LogP contribution in [0.3, 0.4) is 0 Å². The van der Waals surface area contributed by atoms with E-state index in [1.807, 2.05) is 30.4 Å². The Hall–Kier alpha value is -1.56. The summed E-state index contributed by atoms with van der Waals surface area (Å²) in [6.45, 7) is 1.24. The largest absolute Gasteiger partial charge is 1.00 e. The standard InChI is InChI=1S/C15H21N3O2.ClH/c1-17-9-10-18(15(17)12-16-19)13-20-11-5-8-14-6-3-2-4-7-14;/h2-4,6-7,9-10,12,15,19H,5,8,11,13H2,1H3;1H/b16-12-;. The van der Waals surface area contributed by atoms with Crippen LogP contribution in [0.15, 0.2) is 47.9 Å². The maximum atomic E-state index is 8.66. The molecule has 1 aliphatic heterocycles. The number of rotatable bonds is 7. The highest BCUT2D eigenvalue weighted by atomic mass is 35.5. The number of halogens is 1. The van der Waals surface area contributed by atoms with Crippen LogP contribution in [0.5, 0.6) is 0 Å². The highest BCUT2D eigenvalue weighted by molar-refractivity contribution is 5.61. The van der Waals surface area contributed by atoms with Gasteiger partial charge in [-0.05, 0) is 18.4 Å². The lowest BCUT2D eigenvalue weighted by atomic mass is 10.1. The van der Waals surface area contributed by atoms with Gasteiger partial charge in [-0.15, -0.1) is 0 Å². The molecule has 1 aliphatic rings. The van der Waals surface area contributed by atoms with Crippen molar-refractivity contribution < 1.29 is 27.3 Å². The van der Waals surface area contributed by atoms with Gasteiger partial charge in [0.15, 0.2) is 0 Å². The van der Waals surface area contributed by atoms with Crippen LogP contribution < -0.4 is 17.3 Å². The zero-order valence-corrected chi connectivity index (χ0v) is 12.9. The predicted octanol–water partition coefficient (Wildman–Crippen LogP) is -2.32. The number of aryl methyl sites for hydroxylation is 1. The number of nitrogens with zero attached hydrogens (tertiary/aromatic N) is 2. The Morgan fingerprint density at radius 2 is 2.14 bits per heavy atom. The molecule has 0 saturated heterocycles. The molecule has 0 aliphatic carbocycles. The third kappa shape index (κ3) is 5.38. The molecular formula is C15H22ClN3O2. The van der Waals surface area contributed by atoms with Gasteiger partial charge in [0.25, 0.3) is 0 Å². The molecule has 2 N–H and O–H groups in total. The SMILES string of the molecule is C[NH+]1C=CN(COCCCc2ccccc2)C1/C=N\O.[Cl-]. The van der Waals surface area contributed by atoms with E-state index in [2.05, 4.69) is 29.4 Å². The van der Waals surface area contributed by atoms with E-state index >= 15 is 0 Å². The number of benzene rings is 1. The zero-order chi connectivity index (χ0) is 14.2. The van der Waals surface area contributed by atoms with Crippen LogP contribution in [0.1, 0.15) is 12.0 Å². The van der Waals surface area contributed by atoms with Crippen LogP contribution in [0, 0.1) is 0 Å². The number of ether oxygens (including phenoxy) is 1. The van der Waals surface area contributed by atoms with E-state index in [4.69, 9.17) is 9.94 Å². The van der Waals surface area contributed by atoms with Crippen molar-refractivity contribution >= 4 is 6.21 Å². The Bertz CT molecular complexity index is 453. The lowest BCUT2D eigenvalue weighted by Gasteiger charge is -2.22. The first-order valence-corrected chi connectivity index (χ1v) is 6.88. The Labute approximate surface area is 131 Å². The Balaban J connectivity index is 0.00000220. The molecule has 0 bridgehead atoms. The van der Waals surface area contributed by atoms with Crippen LogP contribution >= 0.6 is 0 Å². The van der Waals surface area contributed by atoms with Gasteiger partial charge in [-0.25, -0.2) is 0 Å². The maximum Gasteiger partial charge on any atom is 0.209 e. The van der Waals surface area contributed by atoms with Crippen LogP contribution in [0.4, 0.5) is 0 Å². The predicted molar refractivity (Wildman–Crippen MR) is 77.5 cm³/mol. The summed E-state index contributed by atoms with van der Waals surface area (Å²) < 4.78 is 5.68. The van der Waals surface area contributed by atoms with Gasteiger partial charge in [-0.1, -0.05) is 35.5 Å². The van der Waals surface area contributed by atoms with Gasteiger partial charge in [0.1, 0.15) is 19.1 Å². The molecule has 116 valence electrons. The fourth-order valence-corrected chi connectivity index (χ4v) is 2.25. The zero-order valence-electron chi connectivity index (χ0n) is 12.2. The molecule has 1 aromatic rings. The van der Waals surface area contributed by atoms with Crippen molar-refractivity contribution in [1.82, 2.24) is 4.90 Å². The van der Waals surface area contributed by atoms with E-state index < -0.39 is 0 Å². The second-order valence-corrected chi connectivity index (χ2v) is 4.91. The van der Waals surface area contributed by atoms with Gasteiger partial charge in [0, 0.05) is 6.61 Å². The third-order valence-electron chi connectivity index (χ3n) is 3.40. The van der Waals surface area contributed by atoms with Crippen LogP contribution in [-0.2, 0) is 11.2 Å². The number of hydrogen-bond acceptors (Lipinski definition) is 4. The topological polar surface area (TPSA) is 49.5 Å². The Morgan fingerprint density at radius 3 is 2.86 bits per heavy atom. The molecule has 0 spiro atoms. The van der Waals surface area contributed by atoms with Gasteiger partial charge >= 0.3 is 0 Å². The molecule has 2 rings (SSSR count). The second-order valence-electron chi connectivity index (χ2n) is 4.91. The minimum atomic E-state index is 0. The fourth-order valence-electron chi connectivity index (χ4n) is 2.25. The smallest absolute Gasteiger partial charge is 0.209 e. The number of nitrogens with one attached hydrogen (secondary N) is 1. The van der Waals surface area contributed by atoms with Gasteiger partial charge in [0.05, 0.1) is 13.2 Å². The van der Waals surface area contributed by atoms with Crippen LogP contribution in [-0.4, -0.2) is 42.9 Å². The highest BCUT2D eigenvalue weighted by Gasteiger charge is 2.26. The van der Waals surface area contributed by atoms with Crippen LogP contribution in [0.25, 0.3) is 0 Å². The number of hydrogen-bond donors (Lipinski definition) is 2. The molecule has 0 saturated carbocycles. The first-order valence-electron chi connectivity index (χ1n) is 6.88. The summed E-state index contributed by atoms with van der Waals surface area (Å²) in [6, 6.07) is 10.4. The minimum absolute atomic E-state index is 0. The maximum absolute atomic E-state index is 8.66. The van der Waals surface area contributed by atoms with E-state index in [1.165, 1.54) is 11.8 Å². The van der Waals surface area contributed by atoms with Crippen molar-refractivity contribution in [2.24, 2.45) is 5.16 Å². The molecule has 2 unspecified atom stereocenters. The van der Waals surface area contributed by atoms with Crippen molar-refractivity contribution in [3.63, 3.8) is 0 Å². The fraction of sp³-hybridized carbons (Fsp3) is 0.400. The summed E-state index contributed by atoms with van der Waals surface area (Å²) in [6.07, 6.45) is 7.54. The molecule has 1 aromatic carbocycles. The minimum Gasteiger partial charge on any atom is -1.00 e.